The number of pyridine rings is 1. The molecule has 7 aromatic carbocycles. The number of hydrogen-bond donors (Lipinski definition) is 1. The van der Waals surface area contributed by atoms with E-state index >= 15 is 0 Å². The van der Waals surface area contributed by atoms with Crippen molar-refractivity contribution in [1.29, 1.82) is 0 Å². The van der Waals surface area contributed by atoms with E-state index in [1.165, 1.54) is 11.1 Å². The summed E-state index contributed by atoms with van der Waals surface area (Å²) in [4.78, 5) is 13.0. The molecule has 0 aliphatic rings. The first-order valence-electron chi connectivity index (χ1n) is 24.2. The molecule has 0 spiro atoms. The summed E-state index contributed by atoms with van der Waals surface area (Å²) in [6.45, 7) is 26.9. The Morgan fingerprint density at radius 3 is 1.58 bits per heavy atom. The van der Waals surface area contributed by atoms with Crippen LogP contribution in [0.1, 0.15) is 105 Å². The third-order valence-electron chi connectivity index (χ3n) is 13.2. The Hall–Kier alpha value is -7.24. The molecule has 0 bridgehead atoms. The zero-order chi connectivity index (χ0) is 49.0. The predicted octanol–water partition coefficient (Wildman–Crippen LogP) is 17.9. The van der Waals surface area contributed by atoms with E-state index < -0.39 is 0 Å². The summed E-state index contributed by atoms with van der Waals surface area (Å²) < 4.78 is 6.53. The van der Waals surface area contributed by atoms with Gasteiger partial charge in [0.15, 0.2) is 5.58 Å². The standard InChI is InChI=1S/C64H65N3O2/c1-61(2,3)47-32-44(33-48(38-47)62(4,5)6)45-36-55(52-39-49(63(7,8)9)40-53(59(52)68)64(10,11)12)65-58(37-45)67(56-29-21-19-27-51(56)42-25-17-14-18-26-42)50-34-43(41-23-15-13-16-24-41)31-46(35-50)60-66-54-28-20-22-30-57(54)69-60/h13-40,68H,1-12H3. The fraction of sp³-hybridized carbons (Fsp3) is 0.250. The van der Waals surface area contributed by atoms with Crippen molar-refractivity contribution in [2.24, 2.45) is 0 Å². The van der Waals surface area contributed by atoms with Crippen LogP contribution in [0.25, 0.3) is 67.2 Å². The van der Waals surface area contributed by atoms with E-state index in [9.17, 15) is 5.11 Å². The summed E-state index contributed by atoms with van der Waals surface area (Å²) in [5.41, 5.74) is 15.5. The average molecular weight is 908 g/mol. The van der Waals surface area contributed by atoms with E-state index in [2.05, 4.69) is 228 Å². The molecule has 1 N–H and O–H groups in total. The van der Waals surface area contributed by atoms with Gasteiger partial charge in [0.25, 0.3) is 0 Å². The third kappa shape index (κ3) is 9.74. The molecular formula is C64H65N3O2. The van der Waals surface area contributed by atoms with E-state index in [0.29, 0.717) is 23.0 Å². The minimum atomic E-state index is -0.344. The lowest BCUT2D eigenvalue weighted by atomic mass is 9.78. The molecule has 0 saturated carbocycles. The summed E-state index contributed by atoms with van der Waals surface area (Å²) >= 11 is 0. The Morgan fingerprint density at radius 1 is 0.420 bits per heavy atom. The number of rotatable bonds is 8. The molecule has 2 heterocycles. The van der Waals surface area contributed by atoms with Crippen LogP contribution in [0.5, 0.6) is 5.75 Å². The number of benzene rings is 7. The second-order valence-electron chi connectivity index (χ2n) is 22.7. The quantitative estimate of drug-likeness (QED) is 0.165. The van der Waals surface area contributed by atoms with Crippen LogP contribution in [0, 0.1) is 0 Å². The molecule has 348 valence electrons. The molecule has 0 unspecified atom stereocenters. The van der Waals surface area contributed by atoms with Crippen LogP contribution in [0.2, 0.25) is 0 Å². The first kappa shape index (κ1) is 46.9. The number of oxazole rings is 1. The van der Waals surface area contributed by atoms with Gasteiger partial charge in [-0.1, -0.05) is 198 Å². The number of phenolic OH excluding ortho intramolecular Hbond substituents is 1. The molecule has 9 rings (SSSR count). The first-order chi connectivity index (χ1) is 32.6. The normalized spacial score (nSPS) is 12.4. The SMILES string of the molecule is CC(C)(C)c1cc(-c2cc(-c3cc(C(C)(C)C)cc(C(C)(C)C)c3O)nc(N(c3cc(-c4ccccc4)cc(-c4nc5ccccc5o4)c3)c3ccccc3-c3ccccc3)c2)cc(C(C)(C)C)c1. The van der Waals surface area contributed by atoms with Crippen molar-refractivity contribution in [2.45, 2.75) is 105 Å². The average Bonchev–Trinajstić information content (AvgIpc) is 3.76. The predicted molar refractivity (Wildman–Crippen MR) is 290 cm³/mol. The van der Waals surface area contributed by atoms with Crippen molar-refractivity contribution in [3.63, 3.8) is 0 Å². The van der Waals surface area contributed by atoms with Gasteiger partial charge in [0.1, 0.15) is 17.1 Å². The molecule has 0 fully saturated rings. The number of nitrogens with zero attached hydrogens (tertiary/aromatic N) is 3. The van der Waals surface area contributed by atoms with E-state index in [1.807, 2.05) is 30.3 Å². The highest BCUT2D eigenvalue weighted by molar-refractivity contribution is 5.92. The number of aromatic nitrogens is 2. The summed E-state index contributed by atoms with van der Waals surface area (Å²) in [5, 5.41) is 12.6. The van der Waals surface area contributed by atoms with Gasteiger partial charge in [0, 0.05) is 27.9 Å². The van der Waals surface area contributed by atoms with E-state index in [1.54, 1.807) is 0 Å². The Kier molecular flexibility index (Phi) is 12.0. The topological polar surface area (TPSA) is 62.4 Å². The Labute approximate surface area is 409 Å². The molecule has 5 heteroatoms. The lowest BCUT2D eigenvalue weighted by Crippen LogP contribution is -2.17. The fourth-order valence-electron chi connectivity index (χ4n) is 9.01. The number of para-hydroxylation sites is 3. The van der Waals surface area contributed by atoms with Crippen LogP contribution in [-0.4, -0.2) is 15.1 Å². The Morgan fingerprint density at radius 2 is 0.957 bits per heavy atom. The Bertz CT molecular complexity index is 3250. The fourth-order valence-corrected chi connectivity index (χ4v) is 9.01. The molecule has 5 nitrogen and oxygen atoms in total. The van der Waals surface area contributed by atoms with E-state index in [-0.39, 0.29) is 27.4 Å². The molecule has 69 heavy (non-hydrogen) atoms. The summed E-state index contributed by atoms with van der Waals surface area (Å²) in [5.74, 6) is 1.46. The molecule has 0 saturated heterocycles. The minimum absolute atomic E-state index is 0.116. The number of phenols is 1. The zero-order valence-corrected chi connectivity index (χ0v) is 42.4. The molecule has 0 amide bonds. The largest absolute Gasteiger partial charge is 0.507 e. The minimum Gasteiger partial charge on any atom is -0.507 e. The van der Waals surface area contributed by atoms with Crippen LogP contribution in [-0.2, 0) is 21.7 Å². The third-order valence-corrected chi connectivity index (χ3v) is 13.2. The molecule has 9 aromatic rings. The molecule has 0 aliphatic heterocycles. The molecule has 2 aromatic heterocycles. The molecular weight excluding hydrogens is 843 g/mol. The van der Waals surface area contributed by atoms with Gasteiger partial charge >= 0.3 is 0 Å². The number of fused-ring (bicyclic) bond motifs is 1. The van der Waals surface area contributed by atoms with Crippen molar-refractivity contribution < 1.29 is 9.52 Å². The first-order valence-corrected chi connectivity index (χ1v) is 24.2. The summed E-state index contributed by atoms with van der Waals surface area (Å²) in [7, 11) is 0. The molecule has 0 aliphatic carbocycles. The molecule has 0 radical (unpaired) electrons. The lowest BCUT2D eigenvalue weighted by Gasteiger charge is -2.30. The zero-order valence-electron chi connectivity index (χ0n) is 42.4. The van der Waals surface area contributed by atoms with Gasteiger partial charge in [-0.2, -0.15) is 0 Å². The maximum atomic E-state index is 12.6. The maximum absolute atomic E-state index is 12.6. The van der Waals surface area contributed by atoms with Crippen LogP contribution in [0.15, 0.2) is 174 Å². The monoisotopic (exact) mass is 908 g/mol. The highest BCUT2D eigenvalue weighted by atomic mass is 16.3. The highest BCUT2D eigenvalue weighted by Gasteiger charge is 2.29. The van der Waals surface area contributed by atoms with Crippen molar-refractivity contribution in [2.75, 3.05) is 4.90 Å². The van der Waals surface area contributed by atoms with E-state index in [4.69, 9.17) is 14.4 Å². The van der Waals surface area contributed by atoms with Crippen molar-refractivity contribution in [1.82, 2.24) is 9.97 Å². The maximum Gasteiger partial charge on any atom is 0.227 e. The highest BCUT2D eigenvalue weighted by Crippen LogP contribution is 2.48. The van der Waals surface area contributed by atoms with Crippen LogP contribution < -0.4 is 4.90 Å². The van der Waals surface area contributed by atoms with E-state index in [0.717, 1.165) is 72.5 Å². The number of anilines is 3. The van der Waals surface area contributed by atoms with Gasteiger partial charge in [-0.05, 0) is 121 Å². The van der Waals surface area contributed by atoms with Crippen molar-refractivity contribution >= 4 is 28.3 Å². The van der Waals surface area contributed by atoms with Gasteiger partial charge in [0.2, 0.25) is 5.89 Å². The van der Waals surface area contributed by atoms with Crippen molar-refractivity contribution in [3.8, 4) is 61.8 Å². The molecule has 0 atom stereocenters. The lowest BCUT2D eigenvalue weighted by molar-refractivity contribution is 0.446. The second kappa shape index (κ2) is 17.7. The Balaban J connectivity index is 1.42. The van der Waals surface area contributed by atoms with Crippen LogP contribution in [0.4, 0.5) is 17.2 Å². The number of hydrogen-bond acceptors (Lipinski definition) is 5. The van der Waals surface area contributed by atoms with Crippen LogP contribution >= 0.6 is 0 Å². The smallest absolute Gasteiger partial charge is 0.227 e. The second-order valence-corrected chi connectivity index (χ2v) is 22.7. The van der Waals surface area contributed by atoms with Gasteiger partial charge in [-0.3, -0.25) is 4.90 Å². The number of aromatic hydroxyl groups is 1. The van der Waals surface area contributed by atoms with Gasteiger partial charge < -0.3 is 9.52 Å². The van der Waals surface area contributed by atoms with Gasteiger partial charge in [0.05, 0.1) is 11.4 Å². The van der Waals surface area contributed by atoms with Crippen LogP contribution in [0.3, 0.4) is 0 Å². The summed E-state index contributed by atoms with van der Waals surface area (Å²) in [6.07, 6.45) is 0. The van der Waals surface area contributed by atoms with Gasteiger partial charge in [-0.25, -0.2) is 9.97 Å². The van der Waals surface area contributed by atoms with Crippen molar-refractivity contribution in [3.05, 3.63) is 192 Å². The van der Waals surface area contributed by atoms with Gasteiger partial charge in [-0.15, -0.1) is 0 Å². The summed E-state index contributed by atoms with van der Waals surface area (Å²) in [6, 6.07) is 59.8.